The summed E-state index contributed by atoms with van der Waals surface area (Å²) in [4.78, 5) is 12.8. The Labute approximate surface area is 142 Å². The minimum Gasteiger partial charge on any atom is -0.497 e. The molecule has 24 heavy (non-hydrogen) atoms. The van der Waals surface area contributed by atoms with E-state index in [0.717, 1.165) is 5.56 Å². The minimum absolute atomic E-state index is 0.0928. The van der Waals surface area contributed by atoms with Gasteiger partial charge in [-0.1, -0.05) is 17.7 Å². The maximum atomic E-state index is 12.8. The number of hydrogen-bond donors (Lipinski definition) is 0. The number of benzene rings is 2. The van der Waals surface area contributed by atoms with E-state index < -0.39 is 20.9 Å². The number of Topliss-reactive ketones (excluding diaryl/α,β-unsaturated/α-hetero) is 1. The van der Waals surface area contributed by atoms with Gasteiger partial charge < -0.3 is 4.74 Å². The number of ketones is 1. The van der Waals surface area contributed by atoms with Crippen LogP contribution in [0.2, 0.25) is 0 Å². The molecular formula is C19H18O4S. The maximum Gasteiger partial charge on any atom is 0.189 e. The molecule has 1 unspecified atom stereocenters. The molecule has 0 aliphatic heterocycles. The van der Waals surface area contributed by atoms with E-state index in [1.807, 2.05) is 6.92 Å². The second-order valence-corrected chi connectivity index (χ2v) is 7.48. The molecule has 0 N–H and O–H groups in total. The quantitative estimate of drug-likeness (QED) is 0.598. The van der Waals surface area contributed by atoms with Gasteiger partial charge in [-0.05, 0) is 43.3 Å². The van der Waals surface area contributed by atoms with Crippen molar-refractivity contribution in [2.24, 2.45) is 0 Å². The van der Waals surface area contributed by atoms with Crippen molar-refractivity contribution >= 4 is 15.6 Å². The van der Waals surface area contributed by atoms with Crippen molar-refractivity contribution < 1.29 is 17.9 Å². The molecular weight excluding hydrogens is 324 g/mol. The van der Waals surface area contributed by atoms with Gasteiger partial charge in [0.15, 0.2) is 15.6 Å². The van der Waals surface area contributed by atoms with E-state index in [0.29, 0.717) is 5.75 Å². The van der Waals surface area contributed by atoms with Crippen LogP contribution < -0.4 is 4.74 Å². The minimum atomic E-state index is -3.87. The lowest BCUT2D eigenvalue weighted by Crippen LogP contribution is -2.30. The molecule has 0 bridgehead atoms. The standard InChI is InChI=1S/C19H18O4S/c1-4-5-18(19(20)15-8-10-16(23-3)11-9-15)24(21,22)17-12-6-14(2)7-13-17/h1,6-13,18H,5H2,2-3H3. The largest absolute Gasteiger partial charge is 0.497 e. The normalized spacial score (nSPS) is 12.2. The molecule has 0 radical (unpaired) electrons. The molecule has 0 aromatic heterocycles. The molecule has 2 rings (SSSR count). The van der Waals surface area contributed by atoms with Gasteiger partial charge in [0.05, 0.1) is 12.0 Å². The van der Waals surface area contributed by atoms with E-state index in [4.69, 9.17) is 11.2 Å². The topological polar surface area (TPSA) is 60.4 Å². The van der Waals surface area contributed by atoms with Crippen molar-refractivity contribution in [3.8, 4) is 18.1 Å². The Hall–Kier alpha value is -2.58. The van der Waals surface area contributed by atoms with Gasteiger partial charge in [-0.2, -0.15) is 0 Å². The average Bonchev–Trinajstić information content (AvgIpc) is 2.59. The Morgan fingerprint density at radius 3 is 2.21 bits per heavy atom. The van der Waals surface area contributed by atoms with E-state index in [1.165, 1.54) is 31.4 Å². The van der Waals surface area contributed by atoms with Crippen LogP contribution in [0.3, 0.4) is 0 Å². The number of terminal acetylenes is 1. The number of rotatable bonds is 6. The van der Waals surface area contributed by atoms with Crippen LogP contribution in [-0.4, -0.2) is 26.6 Å². The van der Waals surface area contributed by atoms with Crippen molar-refractivity contribution in [3.05, 3.63) is 59.7 Å². The lowest BCUT2D eigenvalue weighted by Gasteiger charge is -2.15. The molecule has 0 saturated heterocycles. The lowest BCUT2D eigenvalue weighted by molar-refractivity contribution is 0.0987. The van der Waals surface area contributed by atoms with Crippen LogP contribution in [0.5, 0.6) is 5.75 Å². The molecule has 5 heteroatoms. The fourth-order valence-electron chi connectivity index (χ4n) is 2.28. The SMILES string of the molecule is C#CCC(C(=O)c1ccc(OC)cc1)S(=O)(=O)c1ccc(C)cc1. The van der Waals surface area contributed by atoms with E-state index in [1.54, 1.807) is 24.3 Å². The summed E-state index contributed by atoms with van der Waals surface area (Å²) >= 11 is 0. The van der Waals surface area contributed by atoms with Crippen LogP contribution >= 0.6 is 0 Å². The van der Waals surface area contributed by atoms with Crippen molar-refractivity contribution in [1.29, 1.82) is 0 Å². The Balaban J connectivity index is 2.42. The van der Waals surface area contributed by atoms with Crippen LogP contribution in [0.15, 0.2) is 53.4 Å². The smallest absolute Gasteiger partial charge is 0.189 e. The fourth-order valence-corrected chi connectivity index (χ4v) is 3.86. The van der Waals surface area contributed by atoms with Crippen molar-refractivity contribution in [3.63, 3.8) is 0 Å². The first-order valence-electron chi connectivity index (χ1n) is 7.32. The van der Waals surface area contributed by atoms with Crippen LogP contribution in [-0.2, 0) is 9.84 Å². The zero-order valence-electron chi connectivity index (χ0n) is 13.5. The third-order valence-electron chi connectivity index (χ3n) is 3.69. The van der Waals surface area contributed by atoms with Crippen LogP contribution in [0.1, 0.15) is 22.3 Å². The zero-order chi connectivity index (χ0) is 17.7. The number of ether oxygens (including phenoxy) is 1. The first-order chi connectivity index (χ1) is 11.4. The molecule has 2 aromatic rings. The van der Waals surface area contributed by atoms with Crippen molar-refractivity contribution in [2.75, 3.05) is 7.11 Å². The second kappa shape index (κ2) is 7.33. The van der Waals surface area contributed by atoms with Gasteiger partial charge in [0.25, 0.3) is 0 Å². The first kappa shape index (κ1) is 17.8. The summed E-state index contributed by atoms with van der Waals surface area (Å²) in [7, 11) is -2.35. The molecule has 0 spiro atoms. The number of hydrogen-bond acceptors (Lipinski definition) is 4. The molecule has 0 aliphatic carbocycles. The number of sulfone groups is 1. The Kier molecular flexibility index (Phi) is 5.42. The van der Waals surface area contributed by atoms with E-state index in [9.17, 15) is 13.2 Å². The Morgan fingerprint density at radius 2 is 1.71 bits per heavy atom. The molecule has 0 aliphatic rings. The van der Waals surface area contributed by atoms with Crippen LogP contribution in [0.4, 0.5) is 0 Å². The third kappa shape index (κ3) is 3.66. The van der Waals surface area contributed by atoms with Crippen molar-refractivity contribution in [1.82, 2.24) is 0 Å². The van der Waals surface area contributed by atoms with E-state index in [-0.39, 0.29) is 16.9 Å². The zero-order valence-corrected chi connectivity index (χ0v) is 14.3. The van der Waals surface area contributed by atoms with Gasteiger partial charge in [0.1, 0.15) is 11.0 Å². The lowest BCUT2D eigenvalue weighted by atomic mass is 10.1. The highest BCUT2D eigenvalue weighted by Gasteiger charge is 2.33. The molecule has 124 valence electrons. The van der Waals surface area contributed by atoms with Gasteiger partial charge in [0.2, 0.25) is 0 Å². The van der Waals surface area contributed by atoms with E-state index in [2.05, 4.69) is 5.92 Å². The number of methoxy groups -OCH3 is 1. The number of carbonyl (C=O) groups excluding carboxylic acids is 1. The van der Waals surface area contributed by atoms with Gasteiger partial charge in [-0.3, -0.25) is 4.79 Å². The molecule has 0 saturated carbocycles. The van der Waals surface area contributed by atoms with Crippen LogP contribution in [0.25, 0.3) is 0 Å². The number of aryl methyl sites for hydroxylation is 1. The summed E-state index contributed by atoms with van der Waals surface area (Å²) < 4.78 is 30.7. The maximum absolute atomic E-state index is 12.8. The summed E-state index contributed by atoms with van der Waals surface area (Å²) in [6.45, 7) is 1.86. The van der Waals surface area contributed by atoms with Crippen molar-refractivity contribution in [2.45, 2.75) is 23.5 Å². The van der Waals surface area contributed by atoms with Crippen LogP contribution in [0, 0.1) is 19.3 Å². The molecule has 0 heterocycles. The average molecular weight is 342 g/mol. The summed E-state index contributed by atoms with van der Waals surface area (Å²) in [6.07, 6.45) is 5.12. The van der Waals surface area contributed by atoms with Gasteiger partial charge in [0, 0.05) is 12.0 Å². The highest BCUT2D eigenvalue weighted by molar-refractivity contribution is 7.92. The predicted octanol–water partition coefficient (Wildman–Crippen LogP) is 3.05. The second-order valence-electron chi connectivity index (χ2n) is 5.35. The molecule has 0 amide bonds. The fraction of sp³-hybridized carbons (Fsp3) is 0.211. The Morgan fingerprint density at radius 1 is 1.12 bits per heavy atom. The highest BCUT2D eigenvalue weighted by atomic mass is 32.2. The summed E-state index contributed by atoms with van der Waals surface area (Å²) in [5.41, 5.74) is 1.22. The molecule has 4 nitrogen and oxygen atoms in total. The predicted molar refractivity (Wildman–Crippen MR) is 92.9 cm³/mol. The van der Waals surface area contributed by atoms with E-state index >= 15 is 0 Å². The van der Waals surface area contributed by atoms with Gasteiger partial charge >= 0.3 is 0 Å². The first-order valence-corrected chi connectivity index (χ1v) is 8.87. The molecule has 0 fully saturated rings. The Bertz CT molecular complexity index is 857. The summed E-state index contributed by atoms with van der Waals surface area (Å²) in [5.74, 6) is 2.37. The van der Waals surface area contributed by atoms with Gasteiger partial charge in [-0.25, -0.2) is 8.42 Å². The summed E-state index contributed by atoms with van der Waals surface area (Å²) in [6, 6.07) is 12.7. The molecule has 2 aromatic carbocycles. The number of carbonyl (C=O) groups is 1. The molecule has 1 atom stereocenters. The van der Waals surface area contributed by atoms with Gasteiger partial charge in [-0.15, -0.1) is 12.3 Å². The monoisotopic (exact) mass is 342 g/mol. The highest BCUT2D eigenvalue weighted by Crippen LogP contribution is 2.23. The summed E-state index contributed by atoms with van der Waals surface area (Å²) in [5, 5.41) is -1.31. The third-order valence-corrected chi connectivity index (χ3v) is 5.75.